The molecule has 0 aliphatic carbocycles. The minimum absolute atomic E-state index is 0.0377. The summed E-state index contributed by atoms with van der Waals surface area (Å²) in [4.78, 5) is 4.30. The molecule has 0 atom stereocenters. The number of anilines is 1. The van der Waals surface area contributed by atoms with Crippen molar-refractivity contribution in [1.82, 2.24) is 4.98 Å². The lowest BCUT2D eigenvalue weighted by molar-refractivity contribution is -0.136. The molecule has 0 bridgehead atoms. The average molecular weight is 547 g/mol. The van der Waals surface area contributed by atoms with Gasteiger partial charge in [0.1, 0.15) is 0 Å². The molecule has 0 saturated heterocycles. The van der Waals surface area contributed by atoms with Crippen LogP contribution in [0.3, 0.4) is 0 Å². The number of fused-ring (bicyclic) bond motifs is 1. The Morgan fingerprint density at radius 3 is 2.31 bits per heavy atom. The van der Waals surface area contributed by atoms with Crippen LogP contribution in [0.1, 0.15) is 22.3 Å². The van der Waals surface area contributed by atoms with E-state index in [1.54, 1.807) is 12.3 Å². The monoisotopic (exact) mass is 546 g/mol. The third kappa shape index (κ3) is 5.29. The third-order valence-corrected chi connectivity index (χ3v) is 6.55. The number of hydrogen-bond acceptors (Lipinski definition) is 2. The number of benzene rings is 4. The Morgan fingerprint density at radius 1 is 0.778 bits per heavy atom. The summed E-state index contributed by atoms with van der Waals surface area (Å²) in [5.74, 6) is 0. The zero-order chi connectivity index (χ0) is 25.1. The lowest BCUT2D eigenvalue weighted by Gasteiger charge is -2.17. The second kappa shape index (κ2) is 10.2. The molecule has 1 aromatic heterocycles. The molecule has 0 amide bonds. The predicted octanol–water partition coefficient (Wildman–Crippen LogP) is 8.89. The molecule has 0 spiro atoms. The van der Waals surface area contributed by atoms with Gasteiger partial charge in [-0.25, -0.2) is 0 Å². The van der Waals surface area contributed by atoms with Crippen molar-refractivity contribution in [2.24, 2.45) is 0 Å². The molecule has 5 rings (SSSR count). The molecule has 0 fully saturated rings. The number of alkyl halides is 3. The normalized spacial score (nSPS) is 11.6. The summed E-state index contributed by atoms with van der Waals surface area (Å²) in [5.41, 5.74) is 4.78. The first-order valence-corrected chi connectivity index (χ1v) is 12.3. The minimum atomic E-state index is -4.49. The van der Waals surface area contributed by atoms with E-state index < -0.39 is 11.7 Å². The van der Waals surface area contributed by atoms with Crippen molar-refractivity contribution >= 4 is 32.5 Å². The van der Waals surface area contributed by atoms with Crippen molar-refractivity contribution in [3.63, 3.8) is 0 Å². The Balaban J connectivity index is 1.61. The lowest BCUT2D eigenvalue weighted by atomic mass is 9.91. The fraction of sp³-hybridized carbons (Fsp3) is 0.100. The van der Waals surface area contributed by atoms with E-state index >= 15 is 0 Å². The van der Waals surface area contributed by atoms with Gasteiger partial charge in [0.15, 0.2) is 0 Å². The molecule has 1 heterocycles. The van der Waals surface area contributed by atoms with E-state index in [4.69, 9.17) is 0 Å². The maximum absolute atomic E-state index is 13.8. The number of aromatic nitrogens is 1. The molecular formula is C30H22BrF3N2. The Morgan fingerprint density at radius 2 is 1.53 bits per heavy atom. The number of nitrogens with one attached hydrogen (secondary N) is 1. The van der Waals surface area contributed by atoms with Crippen LogP contribution in [0.15, 0.2) is 108 Å². The predicted molar refractivity (Wildman–Crippen MR) is 143 cm³/mol. The van der Waals surface area contributed by atoms with Gasteiger partial charge in [-0.3, -0.25) is 4.98 Å². The summed E-state index contributed by atoms with van der Waals surface area (Å²) in [7, 11) is 0. The molecule has 2 nitrogen and oxygen atoms in total. The molecular weight excluding hydrogens is 525 g/mol. The van der Waals surface area contributed by atoms with Gasteiger partial charge >= 0.3 is 6.18 Å². The molecule has 4 aromatic carbocycles. The number of rotatable bonds is 6. The van der Waals surface area contributed by atoms with Crippen LogP contribution < -0.4 is 5.32 Å². The fourth-order valence-electron chi connectivity index (χ4n) is 4.42. The average Bonchev–Trinajstić information content (AvgIpc) is 2.87. The van der Waals surface area contributed by atoms with Crippen LogP contribution in [0.25, 0.3) is 22.0 Å². The van der Waals surface area contributed by atoms with Gasteiger partial charge in [0.05, 0.1) is 11.1 Å². The van der Waals surface area contributed by atoms with Gasteiger partial charge in [-0.05, 0) is 64.6 Å². The van der Waals surface area contributed by atoms with Crippen molar-refractivity contribution in [2.75, 3.05) is 5.32 Å². The lowest BCUT2D eigenvalue weighted by Crippen LogP contribution is -2.07. The van der Waals surface area contributed by atoms with E-state index in [1.807, 2.05) is 78.9 Å². The van der Waals surface area contributed by atoms with E-state index in [9.17, 15) is 13.2 Å². The molecule has 36 heavy (non-hydrogen) atoms. The van der Waals surface area contributed by atoms with Crippen molar-refractivity contribution in [2.45, 2.75) is 19.1 Å². The van der Waals surface area contributed by atoms with Crippen LogP contribution >= 0.6 is 15.9 Å². The number of halogens is 4. The van der Waals surface area contributed by atoms with Gasteiger partial charge in [-0.15, -0.1) is 0 Å². The zero-order valence-electron chi connectivity index (χ0n) is 19.2. The minimum Gasteiger partial charge on any atom is -0.381 e. The van der Waals surface area contributed by atoms with Crippen LogP contribution in [0, 0.1) is 0 Å². The van der Waals surface area contributed by atoms with Crippen molar-refractivity contribution in [1.29, 1.82) is 0 Å². The largest absolute Gasteiger partial charge is 0.418 e. The fourth-order valence-corrected chi connectivity index (χ4v) is 4.87. The Labute approximate surface area is 216 Å². The molecule has 0 aliphatic heterocycles. The molecule has 5 aromatic rings. The van der Waals surface area contributed by atoms with Crippen LogP contribution in [-0.4, -0.2) is 4.98 Å². The van der Waals surface area contributed by atoms with Gasteiger partial charge in [-0.1, -0.05) is 82.7 Å². The zero-order valence-corrected chi connectivity index (χ0v) is 20.8. The molecule has 6 heteroatoms. The van der Waals surface area contributed by atoms with Crippen molar-refractivity contribution in [3.8, 4) is 11.1 Å². The van der Waals surface area contributed by atoms with Crippen molar-refractivity contribution in [3.05, 3.63) is 130 Å². The third-order valence-electron chi connectivity index (χ3n) is 6.06. The highest BCUT2D eigenvalue weighted by molar-refractivity contribution is 9.10. The van der Waals surface area contributed by atoms with Crippen LogP contribution in [0.5, 0.6) is 0 Å². The highest BCUT2D eigenvalue weighted by Crippen LogP contribution is 2.39. The highest BCUT2D eigenvalue weighted by Gasteiger charge is 2.33. The standard InChI is InChI=1S/C30H22BrF3N2/c31-24-11-4-9-21(16-24)18-35-25-12-5-10-22(17-25)28-23(15-20-7-2-1-3-8-20)19-36-29-26(28)13-6-14-27(29)30(32,33)34/h1-14,16-17,19,35H,15,18H2. The topological polar surface area (TPSA) is 24.9 Å². The quantitative estimate of drug-likeness (QED) is 0.230. The molecule has 0 aliphatic rings. The Hall–Kier alpha value is -3.64. The maximum Gasteiger partial charge on any atom is 0.418 e. The van der Waals surface area contributed by atoms with Crippen LogP contribution in [0.2, 0.25) is 0 Å². The van der Waals surface area contributed by atoms with Gasteiger partial charge in [0, 0.05) is 28.3 Å². The van der Waals surface area contributed by atoms with Gasteiger partial charge in [0.2, 0.25) is 0 Å². The summed E-state index contributed by atoms with van der Waals surface area (Å²) in [6, 6.07) is 30.0. The smallest absolute Gasteiger partial charge is 0.381 e. The number of nitrogens with zero attached hydrogens (tertiary/aromatic N) is 1. The van der Waals surface area contributed by atoms with Crippen molar-refractivity contribution < 1.29 is 13.2 Å². The highest BCUT2D eigenvalue weighted by atomic mass is 79.9. The van der Waals surface area contributed by atoms with Gasteiger partial charge < -0.3 is 5.32 Å². The maximum atomic E-state index is 13.8. The Kier molecular flexibility index (Phi) is 6.79. The number of para-hydroxylation sites is 1. The number of pyridine rings is 1. The summed E-state index contributed by atoms with van der Waals surface area (Å²) in [5, 5.41) is 3.92. The molecule has 0 radical (unpaired) electrons. The SMILES string of the molecule is FC(F)(F)c1cccc2c(-c3cccc(NCc4cccc(Br)c4)c3)c(Cc3ccccc3)cnc12. The van der Waals surface area contributed by atoms with E-state index in [1.165, 1.54) is 6.07 Å². The van der Waals surface area contributed by atoms with Crippen LogP contribution in [0.4, 0.5) is 18.9 Å². The molecule has 0 saturated carbocycles. The van der Waals surface area contributed by atoms with E-state index in [-0.39, 0.29) is 5.52 Å². The molecule has 180 valence electrons. The second-order valence-electron chi connectivity index (χ2n) is 8.58. The van der Waals surface area contributed by atoms with Gasteiger partial charge in [0.25, 0.3) is 0 Å². The first-order valence-electron chi connectivity index (χ1n) is 11.5. The molecule has 0 unspecified atom stereocenters. The summed E-state index contributed by atoms with van der Waals surface area (Å²) >= 11 is 3.49. The second-order valence-corrected chi connectivity index (χ2v) is 9.50. The summed E-state index contributed by atoms with van der Waals surface area (Å²) in [6.07, 6.45) is -2.34. The Bertz CT molecular complexity index is 1510. The van der Waals surface area contributed by atoms with Crippen LogP contribution in [-0.2, 0) is 19.1 Å². The molecule has 1 N–H and O–H groups in total. The number of hydrogen-bond donors (Lipinski definition) is 1. The van der Waals surface area contributed by atoms with Gasteiger partial charge in [-0.2, -0.15) is 13.2 Å². The van der Waals surface area contributed by atoms with E-state index in [2.05, 4.69) is 26.2 Å². The van der Waals surface area contributed by atoms with E-state index in [0.29, 0.717) is 18.4 Å². The summed E-state index contributed by atoms with van der Waals surface area (Å²) < 4.78 is 42.4. The first-order chi connectivity index (χ1) is 17.4. The first kappa shape index (κ1) is 24.1. The summed E-state index contributed by atoms with van der Waals surface area (Å²) in [6.45, 7) is 0.620. The van der Waals surface area contributed by atoms with E-state index in [0.717, 1.165) is 44.0 Å².